The number of carbonyl (C=O) groups excluding carboxylic acids is 1. The molecule has 1 saturated heterocycles. The van der Waals surface area contributed by atoms with Gasteiger partial charge in [-0.1, -0.05) is 6.07 Å². The summed E-state index contributed by atoms with van der Waals surface area (Å²) in [4.78, 5) is 14.4. The van der Waals surface area contributed by atoms with Crippen LogP contribution in [0.25, 0.3) is 0 Å². The van der Waals surface area contributed by atoms with Gasteiger partial charge in [0.15, 0.2) is 0 Å². The van der Waals surface area contributed by atoms with Gasteiger partial charge in [-0.2, -0.15) is 0 Å². The molecule has 1 aromatic carbocycles. The standard InChI is InChI=1S/C17H22N6O4S/c24-17(11-23-12-18-20-21-23)22-6-5-13-8-16(4-3-14(13)10-22)28(25,26)19-9-15-2-1-7-27-15/h3-4,8,12,15,19H,1-2,5-7,9-11H2. The third-order valence-corrected chi connectivity index (χ3v) is 6.49. The molecule has 2 aliphatic rings. The molecule has 0 bridgehead atoms. The fourth-order valence-electron chi connectivity index (χ4n) is 3.49. The van der Waals surface area contributed by atoms with Crippen molar-refractivity contribution in [3.63, 3.8) is 0 Å². The van der Waals surface area contributed by atoms with Crippen molar-refractivity contribution in [2.45, 2.75) is 43.4 Å². The molecule has 150 valence electrons. The van der Waals surface area contributed by atoms with E-state index in [1.54, 1.807) is 23.1 Å². The lowest BCUT2D eigenvalue weighted by Gasteiger charge is -2.29. The molecule has 2 aromatic rings. The predicted octanol–water partition coefficient (Wildman–Crippen LogP) is -0.285. The van der Waals surface area contributed by atoms with Crippen molar-refractivity contribution in [2.24, 2.45) is 0 Å². The van der Waals surface area contributed by atoms with Crippen molar-refractivity contribution < 1.29 is 17.9 Å². The first-order valence-corrected chi connectivity index (χ1v) is 10.7. The van der Waals surface area contributed by atoms with Crippen molar-refractivity contribution in [2.75, 3.05) is 19.7 Å². The maximum atomic E-state index is 12.6. The fourth-order valence-corrected chi connectivity index (χ4v) is 4.61. The molecule has 0 spiro atoms. The van der Waals surface area contributed by atoms with Gasteiger partial charge in [-0.15, -0.1) is 5.10 Å². The third kappa shape index (κ3) is 4.21. The summed E-state index contributed by atoms with van der Waals surface area (Å²) >= 11 is 0. The number of aromatic nitrogens is 4. The lowest BCUT2D eigenvalue weighted by Crippen LogP contribution is -2.38. The molecule has 1 amide bonds. The molecule has 3 heterocycles. The van der Waals surface area contributed by atoms with Crippen molar-refractivity contribution in [3.05, 3.63) is 35.7 Å². The van der Waals surface area contributed by atoms with Crippen molar-refractivity contribution in [3.8, 4) is 0 Å². The summed E-state index contributed by atoms with van der Waals surface area (Å²) in [5.74, 6) is -0.0760. The highest BCUT2D eigenvalue weighted by Crippen LogP contribution is 2.23. The molecule has 4 rings (SSSR count). The largest absolute Gasteiger partial charge is 0.377 e. The normalized spacial score (nSPS) is 19.6. The Hall–Kier alpha value is -2.37. The summed E-state index contributed by atoms with van der Waals surface area (Å²) in [6, 6.07) is 5.08. The number of nitrogens with zero attached hydrogens (tertiary/aromatic N) is 5. The summed E-state index contributed by atoms with van der Waals surface area (Å²) in [5.41, 5.74) is 1.90. The zero-order valence-corrected chi connectivity index (χ0v) is 16.1. The van der Waals surface area contributed by atoms with Crippen molar-refractivity contribution in [1.29, 1.82) is 0 Å². The minimum Gasteiger partial charge on any atom is -0.377 e. The first-order valence-electron chi connectivity index (χ1n) is 9.23. The Bertz CT molecular complexity index is 941. The molecule has 1 aromatic heterocycles. The minimum atomic E-state index is -3.58. The molecule has 1 atom stereocenters. The van der Waals surface area contributed by atoms with Crippen LogP contribution >= 0.6 is 0 Å². The fraction of sp³-hybridized carbons (Fsp3) is 0.529. The number of hydrogen-bond acceptors (Lipinski definition) is 7. The summed E-state index contributed by atoms with van der Waals surface area (Å²) in [7, 11) is -3.58. The summed E-state index contributed by atoms with van der Waals surface area (Å²) in [5, 5.41) is 10.7. The molecular weight excluding hydrogens is 384 g/mol. The van der Waals surface area contributed by atoms with Gasteiger partial charge >= 0.3 is 0 Å². The maximum absolute atomic E-state index is 12.6. The zero-order chi connectivity index (χ0) is 19.6. The number of sulfonamides is 1. The Morgan fingerprint density at radius 2 is 2.21 bits per heavy atom. The Morgan fingerprint density at radius 1 is 1.32 bits per heavy atom. The van der Waals surface area contributed by atoms with Crippen LogP contribution in [0.4, 0.5) is 0 Å². The van der Waals surface area contributed by atoms with Crippen LogP contribution in [0.3, 0.4) is 0 Å². The van der Waals surface area contributed by atoms with Gasteiger partial charge in [-0.3, -0.25) is 4.79 Å². The quantitative estimate of drug-likeness (QED) is 0.700. The molecule has 0 aliphatic carbocycles. The molecule has 10 nitrogen and oxygen atoms in total. The van der Waals surface area contributed by atoms with Gasteiger partial charge in [0.25, 0.3) is 0 Å². The van der Waals surface area contributed by atoms with Gasteiger partial charge in [0.05, 0.1) is 11.0 Å². The number of rotatable bonds is 6. The van der Waals surface area contributed by atoms with Crippen LogP contribution in [0.2, 0.25) is 0 Å². The lowest BCUT2D eigenvalue weighted by atomic mass is 10.00. The third-order valence-electron chi connectivity index (χ3n) is 5.07. The minimum absolute atomic E-state index is 0.0489. The molecule has 0 saturated carbocycles. The number of tetrazole rings is 1. The average Bonchev–Trinajstić information content (AvgIpc) is 3.39. The molecule has 1 N–H and O–H groups in total. The Labute approximate surface area is 162 Å². The number of carbonyl (C=O) groups is 1. The Morgan fingerprint density at radius 3 is 2.96 bits per heavy atom. The number of hydrogen-bond donors (Lipinski definition) is 1. The smallest absolute Gasteiger partial charge is 0.244 e. The van der Waals surface area contributed by atoms with Gasteiger partial charge in [0.1, 0.15) is 12.9 Å². The molecule has 0 radical (unpaired) electrons. The van der Waals surface area contributed by atoms with Crippen LogP contribution in [0, 0.1) is 0 Å². The van der Waals surface area contributed by atoms with E-state index in [1.165, 1.54) is 11.0 Å². The Balaban J connectivity index is 1.41. The van der Waals surface area contributed by atoms with E-state index in [-0.39, 0.29) is 23.5 Å². The van der Waals surface area contributed by atoms with E-state index in [0.29, 0.717) is 32.7 Å². The van der Waals surface area contributed by atoms with E-state index in [9.17, 15) is 13.2 Å². The van der Waals surface area contributed by atoms with E-state index in [2.05, 4.69) is 20.2 Å². The number of ether oxygens (including phenoxy) is 1. The molecule has 1 unspecified atom stereocenters. The predicted molar refractivity (Wildman–Crippen MR) is 97.5 cm³/mol. The molecule has 1 fully saturated rings. The molecule has 28 heavy (non-hydrogen) atoms. The van der Waals surface area contributed by atoms with Crippen molar-refractivity contribution in [1.82, 2.24) is 29.8 Å². The second-order valence-electron chi connectivity index (χ2n) is 6.99. The highest BCUT2D eigenvalue weighted by atomic mass is 32.2. The maximum Gasteiger partial charge on any atom is 0.244 e. The molecular formula is C17H22N6O4S. The second-order valence-corrected chi connectivity index (χ2v) is 8.76. The van der Waals surface area contributed by atoms with E-state index < -0.39 is 10.0 Å². The number of fused-ring (bicyclic) bond motifs is 1. The van der Waals surface area contributed by atoms with Gasteiger partial charge in [-0.05, 0) is 52.9 Å². The van der Waals surface area contributed by atoms with Gasteiger partial charge in [0.2, 0.25) is 15.9 Å². The van der Waals surface area contributed by atoms with E-state index in [1.807, 2.05) is 0 Å². The SMILES string of the molecule is O=C(Cn1cnnn1)N1CCc2cc(S(=O)(=O)NCC3CCCO3)ccc2C1. The number of nitrogens with one attached hydrogen (secondary N) is 1. The summed E-state index contributed by atoms with van der Waals surface area (Å²) in [6.07, 6.45) is 3.80. The highest BCUT2D eigenvalue weighted by molar-refractivity contribution is 7.89. The van der Waals surface area contributed by atoms with Crippen LogP contribution in [0.1, 0.15) is 24.0 Å². The van der Waals surface area contributed by atoms with E-state index in [4.69, 9.17) is 4.74 Å². The topological polar surface area (TPSA) is 119 Å². The van der Waals surface area contributed by atoms with Gasteiger partial charge < -0.3 is 9.64 Å². The first kappa shape index (κ1) is 19.0. The van der Waals surface area contributed by atoms with Crippen LogP contribution < -0.4 is 4.72 Å². The second kappa shape index (κ2) is 7.94. The summed E-state index contributed by atoms with van der Waals surface area (Å²) in [6.45, 7) is 2.04. The monoisotopic (exact) mass is 406 g/mol. The first-order chi connectivity index (χ1) is 13.5. The van der Waals surface area contributed by atoms with E-state index in [0.717, 1.165) is 24.0 Å². The van der Waals surface area contributed by atoms with Crippen LogP contribution in [-0.4, -0.2) is 65.2 Å². The number of amides is 1. The molecule has 11 heteroatoms. The highest BCUT2D eigenvalue weighted by Gasteiger charge is 2.24. The van der Waals surface area contributed by atoms with Crippen LogP contribution in [0.15, 0.2) is 29.4 Å². The Kier molecular flexibility index (Phi) is 5.38. The van der Waals surface area contributed by atoms with Crippen molar-refractivity contribution >= 4 is 15.9 Å². The van der Waals surface area contributed by atoms with Gasteiger partial charge in [0, 0.05) is 26.2 Å². The van der Waals surface area contributed by atoms with E-state index >= 15 is 0 Å². The number of benzene rings is 1. The molecule has 2 aliphatic heterocycles. The lowest BCUT2D eigenvalue weighted by molar-refractivity contribution is -0.133. The van der Waals surface area contributed by atoms with Crippen LogP contribution in [0.5, 0.6) is 0 Å². The van der Waals surface area contributed by atoms with Crippen LogP contribution in [-0.2, 0) is 39.1 Å². The summed E-state index contributed by atoms with van der Waals surface area (Å²) < 4.78 is 34.6. The zero-order valence-electron chi connectivity index (χ0n) is 15.3. The average molecular weight is 406 g/mol. The van der Waals surface area contributed by atoms with Gasteiger partial charge in [-0.25, -0.2) is 17.8 Å².